The maximum atomic E-state index is 2.47. The van der Waals surface area contributed by atoms with E-state index in [4.69, 9.17) is 0 Å². The van der Waals surface area contributed by atoms with E-state index in [-0.39, 0.29) is 0 Å². The van der Waals surface area contributed by atoms with Crippen LogP contribution in [0.25, 0.3) is 0 Å². The van der Waals surface area contributed by atoms with Gasteiger partial charge < -0.3 is 9.80 Å². The topological polar surface area (TPSA) is 6.48 Å². The molecule has 1 unspecified atom stereocenters. The fourth-order valence-electron chi connectivity index (χ4n) is 2.57. The summed E-state index contributed by atoms with van der Waals surface area (Å²) in [6.45, 7) is 5.69. The Morgan fingerprint density at radius 3 is 2.44 bits per heavy atom. The minimum atomic E-state index is 0.490. The second-order valence-corrected chi connectivity index (χ2v) is 4.87. The van der Waals surface area contributed by atoms with Crippen molar-refractivity contribution in [2.24, 2.45) is 0 Å². The zero-order chi connectivity index (χ0) is 12.8. The monoisotopic (exact) mass is 244 g/mol. The number of hydrogen-bond donors (Lipinski definition) is 0. The van der Waals surface area contributed by atoms with E-state index in [2.05, 4.69) is 66.4 Å². The maximum absolute atomic E-state index is 2.47. The van der Waals surface area contributed by atoms with Crippen molar-refractivity contribution >= 4 is 5.69 Å². The summed E-state index contributed by atoms with van der Waals surface area (Å²) in [7, 11) is 0. The highest BCUT2D eigenvalue weighted by molar-refractivity contribution is 5.51. The zero-order valence-corrected chi connectivity index (χ0v) is 11.5. The first kappa shape index (κ1) is 13.0. The molecule has 0 N–H and O–H groups in total. The van der Waals surface area contributed by atoms with E-state index in [0.29, 0.717) is 6.17 Å². The molecule has 1 aliphatic rings. The van der Waals surface area contributed by atoms with E-state index in [1.807, 2.05) is 0 Å². The van der Waals surface area contributed by atoms with Crippen LogP contribution in [0.3, 0.4) is 0 Å². The van der Waals surface area contributed by atoms with Crippen LogP contribution in [0.15, 0.2) is 42.7 Å². The number of unbranched alkanes of at least 4 members (excludes halogenated alkanes) is 2. The molecule has 1 aromatic carbocycles. The van der Waals surface area contributed by atoms with Gasteiger partial charge in [0.2, 0.25) is 0 Å². The Bertz CT molecular complexity index is 372. The zero-order valence-electron chi connectivity index (χ0n) is 11.5. The third-order valence-electron chi connectivity index (χ3n) is 3.56. The lowest BCUT2D eigenvalue weighted by Crippen LogP contribution is -2.38. The molecule has 1 aromatic rings. The molecule has 1 atom stereocenters. The highest BCUT2D eigenvalue weighted by atomic mass is 15.4. The van der Waals surface area contributed by atoms with Crippen LogP contribution in [0, 0.1) is 0 Å². The predicted molar refractivity (Wildman–Crippen MR) is 78.4 cm³/mol. The van der Waals surface area contributed by atoms with Crippen molar-refractivity contribution < 1.29 is 0 Å². The van der Waals surface area contributed by atoms with Gasteiger partial charge in [0.15, 0.2) is 0 Å². The molecule has 0 aromatic heterocycles. The number of para-hydroxylation sites is 1. The van der Waals surface area contributed by atoms with E-state index < -0.39 is 0 Å². The molecule has 0 amide bonds. The van der Waals surface area contributed by atoms with Crippen molar-refractivity contribution in [1.82, 2.24) is 4.90 Å². The SMILES string of the molecule is CCCCCN1C=CN(c2ccccc2)C1CC. The fraction of sp³-hybridized carbons (Fsp3) is 0.500. The summed E-state index contributed by atoms with van der Waals surface area (Å²) in [5.74, 6) is 0. The first-order valence-electron chi connectivity index (χ1n) is 7.14. The van der Waals surface area contributed by atoms with Crippen molar-refractivity contribution in [3.05, 3.63) is 42.7 Å². The first-order chi connectivity index (χ1) is 8.86. The van der Waals surface area contributed by atoms with Gasteiger partial charge in [0.25, 0.3) is 0 Å². The smallest absolute Gasteiger partial charge is 0.105 e. The molecular formula is C16H24N2. The largest absolute Gasteiger partial charge is 0.356 e. The number of anilines is 1. The number of hydrogen-bond acceptors (Lipinski definition) is 2. The second kappa shape index (κ2) is 6.48. The summed E-state index contributed by atoms with van der Waals surface area (Å²) in [4.78, 5) is 4.86. The highest BCUT2D eigenvalue weighted by Crippen LogP contribution is 2.26. The van der Waals surface area contributed by atoms with Crippen molar-refractivity contribution in [3.63, 3.8) is 0 Å². The van der Waals surface area contributed by atoms with Gasteiger partial charge in [0.1, 0.15) is 6.17 Å². The molecule has 0 spiro atoms. The highest BCUT2D eigenvalue weighted by Gasteiger charge is 2.24. The van der Waals surface area contributed by atoms with Crippen LogP contribution in [0.1, 0.15) is 39.5 Å². The molecule has 1 aliphatic heterocycles. The normalized spacial score (nSPS) is 18.7. The van der Waals surface area contributed by atoms with Gasteiger partial charge >= 0.3 is 0 Å². The lowest BCUT2D eigenvalue weighted by atomic mass is 10.2. The van der Waals surface area contributed by atoms with Crippen LogP contribution in [0.2, 0.25) is 0 Å². The van der Waals surface area contributed by atoms with Crippen molar-refractivity contribution in [2.75, 3.05) is 11.4 Å². The van der Waals surface area contributed by atoms with E-state index in [0.717, 1.165) is 6.42 Å². The quantitative estimate of drug-likeness (QED) is 0.692. The van der Waals surface area contributed by atoms with Crippen LogP contribution in [0.5, 0.6) is 0 Å². The average Bonchev–Trinajstić information content (AvgIpc) is 2.83. The maximum Gasteiger partial charge on any atom is 0.105 e. The molecule has 0 radical (unpaired) electrons. The average molecular weight is 244 g/mol. The molecule has 18 heavy (non-hydrogen) atoms. The van der Waals surface area contributed by atoms with Gasteiger partial charge in [0, 0.05) is 24.6 Å². The molecule has 0 fully saturated rings. The van der Waals surface area contributed by atoms with Crippen LogP contribution >= 0.6 is 0 Å². The molecule has 1 heterocycles. The van der Waals surface area contributed by atoms with Crippen molar-refractivity contribution in [2.45, 2.75) is 45.7 Å². The van der Waals surface area contributed by atoms with Crippen LogP contribution in [0.4, 0.5) is 5.69 Å². The van der Waals surface area contributed by atoms with Crippen molar-refractivity contribution in [1.29, 1.82) is 0 Å². The van der Waals surface area contributed by atoms with Gasteiger partial charge in [-0.2, -0.15) is 0 Å². The molecule has 0 saturated heterocycles. The summed E-state index contributed by atoms with van der Waals surface area (Å²) in [5.41, 5.74) is 1.29. The summed E-state index contributed by atoms with van der Waals surface area (Å²) >= 11 is 0. The third kappa shape index (κ3) is 2.87. The van der Waals surface area contributed by atoms with E-state index in [9.17, 15) is 0 Å². The number of benzene rings is 1. The molecular weight excluding hydrogens is 220 g/mol. The van der Waals surface area contributed by atoms with Gasteiger partial charge in [-0.15, -0.1) is 0 Å². The number of rotatable bonds is 6. The third-order valence-corrected chi connectivity index (χ3v) is 3.56. The summed E-state index contributed by atoms with van der Waals surface area (Å²) < 4.78 is 0. The molecule has 2 nitrogen and oxygen atoms in total. The van der Waals surface area contributed by atoms with E-state index in [1.54, 1.807) is 0 Å². The molecule has 2 heteroatoms. The Balaban J connectivity index is 2.00. The Labute approximate surface area is 111 Å². The molecule has 0 bridgehead atoms. The predicted octanol–water partition coefficient (Wildman–Crippen LogP) is 4.21. The lowest BCUT2D eigenvalue weighted by Gasteiger charge is -2.32. The molecule has 0 aliphatic carbocycles. The van der Waals surface area contributed by atoms with Crippen LogP contribution < -0.4 is 4.90 Å². The summed E-state index contributed by atoms with van der Waals surface area (Å²) in [6, 6.07) is 10.7. The van der Waals surface area contributed by atoms with Gasteiger partial charge in [-0.25, -0.2) is 0 Å². The second-order valence-electron chi connectivity index (χ2n) is 4.87. The minimum absolute atomic E-state index is 0.490. The fourth-order valence-corrected chi connectivity index (χ4v) is 2.57. The summed E-state index contributed by atoms with van der Waals surface area (Å²) in [6.07, 6.45) is 10.0. The van der Waals surface area contributed by atoms with Crippen LogP contribution in [-0.4, -0.2) is 17.6 Å². The van der Waals surface area contributed by atoms with Gasteiger partial charge in [-0.05, 0) is 25.0 Å². The van der Waals surface area contributed by atoms with Crippen LogP contribution in [-0.2, 0) is 0 Å². The Morgan fingerprint density at radius 2 is 1.78 bits per heavy atom. The Hall–Kier alpha value is -1.44. The lowest BCUT2D eigenvalue weighted by molar-refractivity contribution is 0.287. The van der Waals surface area contributed by atoms with E-state index >= 15 is 0 Å². The molecule has 0 saturated carbocycles. The van der Waals surface area contributed by atoms with Crippen molar-refractivity contribution in [3.8, 4) is 0 Å². The Morgan fingerprint density at radius 1 is 1.00 bits per heavy atom. The minimum Gasteiger partial charge on any atom is -0.356 e. The first-order valence-corrected chi connectivity index (χ1v) is 7.14. The number of nitrogens with zero attached hydrogens (tertiary/aromatic N) is 2. The summed E-state index contributed by atoms with van der Waals surface area (Å²) in [5, 5.41) is 0. The standard InChI is InChI=1S/C16H24N2/c1-3-5-9-12-17-13-14-18(16(17)4-2)15-10-7-6-8-11-15/h6-8,10-11,13-14,16H,3-5,9,12H2,1-2H3. The van der Waals surface area contributed by atoms with Gasteiger partial charge in [-0.1, -0.05) is 44.9 Å². The van der Waals surface area contributed by atoms with Gasteiger partial charge in [0.05, 0.1) is 0 Å². The van der Waals surface area contributed by atoms with E-state index in [1.165, 1.54) is 31.5 Å². The molecule has 98 valence electrons. The molecule has 2 rings (SSSR count). The Kier molecular flexibility index (Phi) is 4.68. The van der Waals surface area contributed by atoms with Gasteiger partial charge in [-0.3, -0.25) is 0 Å².